The minimum atomic E-state index is 0. The molecule has 1 aliphatic rings. The van der Waals surface area contributed by atoms with Crippen LogP contribution < -0.4 is 10.2 Å². The van der Waals surface area contributed by atoms with Crippen LogP contribution in [0, 0.1) is 6.92 Å². The number of anilines is 2. The van der Waals surface area contributed by atoms with Gasteiger partial charge in [0.1, 0.15) is 11.6 Å². The molecule has 2 aromatic rings. The fraction of sp³-hybridized carbons (Fsp3) is 0.235. The molecule has 2 aromatic carbocycles. The van der Waals surface area contributed by atoms with Gasteiger partial charge in [0.05, 0.1) is 13.1 Å². The molecule has 5 heteroatoms. The van der Waals surface area contributed by atoms with E-state index in [-0.39, 0.29) is 18.2 Å². The van der Waals surface area contributed by atoms with E-state index in [2.05, 4.69) is 46.4 Å². The molecule has 0 atom stereocenters. The van der Waals surface area contributed by atoms with Gasteiger partial charge in [-0.2, -0.15) is 0 Å². The minimum Gasteiger partial charge on any atom is -0.508 e. The molecule has 4 nitrogen and oxygen atoms in total. The maximum absolute atomic E-state index is 9.48. The molecular formula is C17H20ClN3O. The van der Waals surface area contributed by atoms with Crippen LogP contribution in [-0.2, 0) is 0 Å². The Bertz CT molecular complexity index is 592. The average Bonchev–Trinajstić information content (AvgIpc) is 3.00. The van der Waals surface area contributed by atoms with Crippen molar-refractivity contribution in [1.82, 2.24) is 5.32 Å². The van der Waals surface area contributed by atoms with Gasteiger partial charge in [0.25, 0.3) is 0 Å². The number of benzene rings is 2. The van der Waals surface area contributed by atoms with Crippen LogP contribution in [0.2, 0.25) is 0 Å². The average molecular weight is 318 g/mol. The van der Waals surface area contributed by atoms with Crippen molar-refractivity contribution < 1.29 is 5.11 Å². The van der Waals surface area contributed by atoms with Crippen molar-refractivity contribution in [1.29, 1.82) is 0 Å². The lowest BCUT2D eigenvalue weighted by atomic mass is 10.2. The number of aromatic hydroxyl groups is 1. The Balaban J connectivity index is 0.00000176. The molecule has 0 fully saturated rings. The Morgan fingerprint density at radius 2 is 1.64 bits per heavy atom. The van der Waals surface area contributed by atoms with E-state index in [1.807, 2.05) is 12.1 Å². The lowest BCUT2D eigenvalue weighted by Crippen LogP contribution is -2.32. The summed E-state index contributed by atoms with van der Waals surface area (Å²) in [6, 6.07) is 15.7. The number of halogens is 1. The van der Waals surface area contributed by atoms with Crippen molar-refractivity contribution in [2.24, 2.45) is 4.99 Å². The number of nitrogens with zero attached hydrogens (tertiary/aromatic N) is 2. The summed E-state index contributed by atoms with van der Waals surface area (Å²) in [6.45, 7) is 4.53. The molecule has 2 N–H and O–H groups in total. The summed E-state index contributed by atoms with van der Waals surface area (Å²) in [5, 5.41) is 12.8. The molecule has 0 aliphatic carbocycles. The number of aliphatic imine (C=N–C) groups is 1. The van der Waals surface area contributed by atoms with E-state index in [1.54, 1.807) is 12.1 Å². The topological polar surface area (TPSA) is 47.9 Å². The molecule has 1 heterocycles. The van der Waals surface area contributed by atoms with Crippen molar-refractivity contribution in [2.45, 2.75) is 6.92 Å². The van der Waals surface area contributed by atoms with Crippen LogP contribution in [0.3, 0.4) is 0 Å². The van der Waals surface area contributed by atoms with E-state index in [0.29, 0.717) is 6.54 Å². The summed E-state index contributed by atoms with van der Waals surface area (Å²) < 4.78 is 0. The molecule has 0 unspecified atom stereocenters. The SMILES string of the molecule is Cc1ccc(N(CC2=NCCN2)c2ccc(O)cc2)cc1.Cl. The van der Waals surface area contributed by atoms with Crippen LogP contribution in [0.5, 0.6) is 5.75 Å². The van der Waals surface area contributed by atoms with Crippen LogP contribution in [-0.4, -0.2) is 30.6 Å². The van der Waals surface area contributed by atoms with Gasteiger partial charge in [-0.05, 0) is 43.3 Å². The van der Waals surface area contributed by atoms with Gasteiger partial charge in [0.2, 0.25) is 0 Å². The predicted octanol–water partition coefficient (Wildman–Crippen LogP) is 3.26. The molecule has 0 radical (unpaired) electrons. The highest BCUT2D eigenvalue weighted by Gasteiger charge is 2.14. The zero-order valence-corrected chi connectivity index (χ0v) is 13.3. The highest BCUT2D eigenvalue weighted by Crippen LogP contribution is 2.27. The largest absolute Gasteiger partial charge is 0.508 e. The maximum atomic E-state index is 9.48. The maximum Gasteiger partial charge on any atom is 0.117 e. The van der Waals surface area contributed by atoms with E-state index < -0.39 is 0 Å². The first-order chi connectivity index (χ1) is 10.2. The zero-order valence-electron chi connectivity index (χ0n) is 12.5. The summed E-state index contributed by atoms with van der Waals surface area (Å²) >= 11 is 0. The van der Waals surface area contributed by atoms with Crippen LogP contribution in [0.15, 0.2) is 53.5 Å². The Hall–Kier alpha value is -2.20. The number of hydrogen-bond acceptors (Lipinski definition) is 4. The molecule has 0 amide bonds. The van der Waals surface area contributed by atoms with Crippen LogP contribution in [0.1, 0.15) is 5.56 Å². The van der Waals surface area contributed by atoms with Crippen LogP contribution >= 0.6 is 12.4 Å². The predicted molar refractivity (Wildman–Crippen MR) is 93.8 cm³/mol. The Kier molecular flexibility index (Phi) is 5.28. The number of phenolic OH excluding ortho intramolecular Hbond substituents is 1. The molecule has 0 spiro atoms. The standard InChI is InChI=1S/C17H19N3O.ClH/c1-13-2-4-14(5-3-13)20(12-17-18-10-11-19-17)15-6-8-16(21)9-7-15;/h2-9,21H,10-12H2,1H3,(H,18,19);1H. The van der Waals surface area contributed by atoms with Gasteiger partial charge in [0.15, 0.2) is 0 Å². The summed E-state index contributed by atoms with van der Waals surface area (Å²) in [6.07, 6.45) is 0. The molecule has 0 bridgehead atoms. The highest BCUT2D eigenvalue weighted by atomic mass is 35.5. The fourth-order valence-corrected chi connectivity index (χ4v) is 2.39. The van der Waals surface area contributed by atoms with Gasteiger partial charge >= 0.3 is 0 Å². The molecular weight excluding hydrogens is 298 g/mol. The highest BCUT2D eigenvalue weighted by molar-refractivity contribution is 5.90. The minimum absolute atomic E-state index is 0. The molecule has 0 saturated carbocycles. The number of amidine groups is 1. The number of rotatable bonds is 4. The summed E-state index contributed by atoms with van der Waals surface area (Å²) in [4.78, 5) is 6.67. The smallest absolute Gasteiger partial charge is 0.117 e. The monoisotopic (exact) mass is 317 g/mol. The van der Waals surface area contributed by atoms with Crippen molar-refractivity contribution in [3.63, 3.8) is 0 Å². The molecule has 116 valence electrons. The van der Waals surface area contributed by atoms with Gasteiger partial charge in [-0.25, -0.2) is 0 Å². The number of nitrogens with one attached hydrogen (secondary N) is 1. The quantitative estimate of drug-likeness (QED) is 0.910. The summed E-state index contributed by atoms with van der Waals surface area (Å²) in [5.74, 6) is 1.28. The summed E-state index contributed by atoms with van der Waals surface area (Å²) in [5.41, 5.74) is 3.39. The third-order valence-electron chi connectivity index (χ3n) is 3.56. The third-order valence-corrected chi connectivity index (χ3v) is 3.56. The van der Waals surface area contributed by atoms with Crippen molar-refractivity contribution in [2.75, 3.05) is 24.5 Å². The van der Waals surface area contributed by atoms with Crippen molar-refractivity contribution in [3.8, 4) is 5.75 Å². The molecule has 0 aromatic heterocycles. The van der Waals surface area contributed by atoms with E-state index in [0.717, 1.165) is 30.3 Å². The van der Waals surface area contributed by atoms with Gasteiger partial charge in [0, 0.05) is 17.9 Å². The van der Waals surface area contributed by atoms with E-state index in [1.165, 1.54) is 5.56 Å². The van der Waals surface area contributed by atoms with Crippen molar-refractivity contribution >= 4 is 29.6 Å². The Morgan fingerprint density at radius 3 is 2.18 bits per heavy atom. The molecule has 0 saturated heterocycles. The Morgan fingerprint density at radius 1 is 1.05 bits per heavy atom. The molecule has 3 rings (SSSR count). The fourth-order valence-electron chi connectivity index (χ4n) is 2.39. The molecule has 1 aliphatic heterocycles. The van der Waals surface area contributed by atoms with E-state index in [9.17, 15) is 5.11 Å². The van der Waals surface area contributed by atoms with E-state index >= 15 is 0 Å². The van der Waals surface area contributed by atoms with Gasteiger partial charge < -0.3 is 15.3 Å². The van der Waals surface area contributed by atoms with Crippen LogP contribution in [0.4, 0.5) is 11.4 Å². The van der Waals surface area contributed by atoms with Gasteiger partial charge in [-0.15, -0.1) is 12.4 Å². The third kappa shape index (κ3) is 3.71. The number of phenols is 1. The second-order valence-electron chi connectivity index (χ2n) is 5.19. The summed E-state index contributed by atoms with van der Waals surface area (Å²) in [7, 11) is 0. The first kappa shape index (κ1) is 16.2. The number of hydrogen-bond donors (Lipinski definition) is 2. The van der Waals surface area contributed by atoms with Gasteiger partial charge in [-0.3, -0.25) is 4.99 Å². The second-order valence-corrected chi connectivity index (χ2v) is 5.19. The van der Waals surface area contributed by atoms with Crippen LogP contribution in [0.25, 0.3) is 0 Å². The second kappa shape index (κ2) is 7.18. The van der Waals surface area contributed by atoms with Crippen molar-refractivity contribution in [3.05, 3.63) is 54.1 Å². The van der Waals surface area contributed by atoms with Gasteiger partial charge in [-0.1, -0.05) is 17.7 Å². The first-order valence-corrected chi connectivity index (χ1v) is 7.13. The lowest BCUT2D eigenvalue weighted by molar-refractivity contribution is 0.475. The first-order valence-electron chi connectivity index (χ1n) is 7.13. The zero-order chi connectivity index (χ0) is 14.7. The number of aryl methyl sites for hydroxylation is 1. The Labute approximate surface area is 136 Å². The normalized spacial score (nSPS) is 13.0. The van der Waals surface area contributed by atoms with E-state index in [4.69, 9.17) is 0 Å². The lowest BCUT2D eigenvalue weighted by Gasteiger charge is -2.25. The molecule has 22 heavy (non-hydrogen) atoms.